The number of anilines is 2. The van der Waals surface area contributed by atoms with Crippen LogP contribution in [0.1, 0.15) is 26.2 Å². The van der Waals surface area contributed by atoms with E-state index in [4.69, 9.17) is 15.2 Å². The Bertz CT molecular complexity index is 462. The number of nitrogens with two attached hydrogens (primary N) is 1. The summed E-state index contributed by atoms with van der Waals surface area (Å²) in [5, 5.41) is 0. The van der Waals surface area contributed by atoms with Crippen LogP contribution in [0.5, 0.6) is 5.88 Å². The quantitative estimate of drug-likeness (QED) is 0.892. The largest absolute Gasteiger partial charge is 0.476 e. The lowest BCUT2D eigenvalue weighted by molar-refractivity contribution is 0.0381. The van der Waals surface area contributed by atoms with E-state index < -0.39 is 0 Å². The first-order chi connectivity index (χ1) is 9.76. The molecule has 0 amide bonds. The van der Waals surface area contributed by atoms with Crippen molar-refractivity contribution >= 4 is 11.5 Å². The summed E-state index contributed by atoms with van der Waals surface area (Å²) in [6, 6.07) is 3.86. The van der Waals surface area contributed by atoms with Crippen molar-refractivity contribution in [2.24, 2.45) is 5.92 Å². The van der Waals surface area contributed by atoms with Crippen molar-refractivity contribution in [2.45, 2.75) is 32.3 Å². The van der Waals surface area contributed by atoms with Gasteiger partial charge in [-0.2, -0.15) is 4.98 Å². The molecule has 1 unspecified atom stereocenters. The van der Waals surface area contributed by atoms with Gasteiger partial charge in [0.05, 0.1) is 25.0 Å². The highest BCUT2D eigenvalue weighted by atomic mass is 16.5. The lowest BCUT2D eigenvalue weighted by atomic mass is 10.2. The fourth-order valence-corrected chi connectivity index (χ4v) is 2.39. The van der Waals surface area contributed by atoms with Gasteiger partial charge in [0, 0.05) is 13.1 Å². The van der Waals surface area contributed by atoms with Crippen molar-refractivity contribution in [2.75, 3.05) is 36.9 Å². The number of ether oxygens (including phenoxy) is 2. The van der Waals surface area contributed by atoms with Gasteiger partial charge in [-0.05, 0) is 37.3 Å². The maximum Gasteiger partial charge on any atom is 0.239 e. The van der Waals surface area contributed by atoms with Gasteiger partial charge in [0.25, 0.3) is 0 Å². The minimum Gasteiger partial charge on any atom is -0.476 e. The Morgan fingerprint density at radius 1 is 1.45 bits per heavy atom. The molecule has 2 heterocycles. The molecule has 1 atom stereocenters. The van der Waals surface area contributed by atoms with Gasteiger partial charge in [-0.3, -0.25) is 0 Å². The van der Waals surface area contributed by atoms with Crippen molar-refractivity contribution < 1.29 is 9.47 Å². The van der Waals surface area contributed by atoms with E-state index in [0.29, 0.717) is 23.6 Å². The van der Waals surface area contributed by atoms with Gasteiger partial charge >= 0.3 is 0 Å². The first-order valence-corrected chi connectivity index (χ1v) is 7.52. The highest BCUT2D eigenvalue weighted by Crippen LogP contribution is 2.31. The average molecular weight is 277 g/mol. The van der Waals surface area contributed by atoms with Crippen molar-refractivity contribution in [3.8, 4) is 5.88 Å². The summed E-state index contributed by atoms with van der Waals surface area (Å²) >= 11 is 0. The van der Waals surface area contributed by atoms with E-state index in [2.05, 4.69) is 16.8 Å². The summed E-state index contributed by atoms with van der Waals surface area (Å²) in [7, 11) is 0. The van der Waals surface area contributed by atoms with Crippen LogP contribution >= 0.6 is 0 Å². The summed E-state index contributed by atoms with van der Waals surface area (Å²) in [5.74, 6) is 2.22. The van der Waals surface area contributed by atoms with Crippen LogP contribution < -0.4 is 15.4 Å². The molecule has 1 saturated carbocycles. The Hall–Kier alpha value is -1.49. The number of hydrogen-bond donors (Lipinski definition) is 1. The van der Waals surface area contributed by atoms with Gasteiger partial charge in [0.2, 0.25) is 5.88 Å². The molecule has 20 heavy (non-hydrogen) atoms. The van der Waals surface area contributed by atoms with Gasteiger partial charge in [0.15, 0.2) is 0 Å². The Morgan fingerprint density at radius 2 is 2.30 bits per heavy atom. The second kappa shape index (κ2) is 5.87. The molecule has 2 N–H and O–H groups in total. The molecule has 1 aliphatic carbocycles. The molecule has 1 saturated heterocycles. The summed E-state index contributed by atoms with van der Waals surface area (Å²) < 4.78 is 11.4. The summed E-state index contributed by atoms with van der Waals surface area (Å²) in [6.07, 6.45) is 3.85. The van der Waals surface area contributed by atoms with Crippen LogP contribution in [-0.2, 0) is 4.74 Å². The van der Waals surface area contributed by atoms with Gasteiger partial charge < -0.3 is 20.1 Å². The normalized spacial score (nSPS) is 22.9. The molecule has 3 rings (SSSR count). The molecule has 0 radical (unpaired) electrons. The van der Waals surface area contributed by atoms with Crippen molar-refractivity contribution in [1.29, 1.82) is 0 Å². The van der Waals surface area contributed by atoms with Crippen LogP contribution in [0, 0.1) is 5.92 Å². The predicted octanol–water partition coefficient (Wildman–Crippen LogP) is 2.07. The molecule has 110 valence electrons. The van der Waals surface area contributed by atoms with Crippen LogP contribution in [0.2, 0.25) is 0 Å². The number of pyridine rings is 1. The monoisotopic (exact) mass is 277 g/mol. The van der Waals surface area contributed by atoms with Crippen LogP contribution in [0.25, 0.3) is 0 Å². The molecular weight excluding hydrogens is 254 g/mol. The molecule has 1 aromatic rings. The second-order valence-electron chi connectivity index (χ2n) is 5.67. The fourth-order valence-electron chi connectivity index (χ4n) is 2.39. The van der Waals surface area contributed by atoms with Crippen LogP contribution in [-0.4, -0.2) is 37.4 Å². The van der Waals surface area contributed by atoms with Crippen molar-refractivity contribution in [3.63, 3.8) is 0 Å². The molecule has 1 aliphatic heterocycles. The Labute approximate surface area is 120 Å². The van der Waals surface area contributed by atoms with E-state index in [1.165, 1.54) is 12.8 Å². The van der Waals surface area contributed by atoms with E-state index >= 15 is 0 Å². The Morgan fingerprint density at radius 3 is 3.05 bits per heavy atom. The third-order valence-corrected chi connectivity index (χ3v) is 3.95. The zero-order valence-corrected chi connectivity index (χ0v) is 12.0. The first-order valence-electron chi connectivity index (χ1n) is 7.52. The van der Waals surface area contributed by atoms with Crippen molar-refractivity contribution in [3.05, 3.63) is 12.1 Å². The molecule has 5 nitrogen and oxygen atoms in total. The summed E-state index contributed by atoms with van der Waals surface area (Å²) in [4.78, 5) is 6.84. The van der Waals surface area contributed by atoms with E-state index in [-0.39, 0.29) is 0 Å². The molecule has 1 aromatic heterocycles. The summed E-state index contributed by atoms with van der Waals surface area (Å²) in [6.45, 7) is 5.39. The SMILES string of the molecule is CCC1CN(c2ccc(N)c(OCC3CC3)n2)CCO1. The lowest BCUT2D eigenvalue weighted by Crippen LogP contribution is -2.42. The second-order valence-corrected chi connectivity index (χ2v) is 5.67. The molecule has 0 spiro atoms. The minimum atomic E-state index is 0.291. The van der Waals surface area contributed by atoms with Gasteiger partial charge in [-0.1, -0.05) is 6.92 Å². The zero-order valence-electron chi connectivity index (χ0n) is 12.0. The zero-order chi connectivity index (χ0) is 13.9. The Balaban J connectivity index is 1.70. The lowest BCUT2D eigenvalue weighted by Gasteiger charge is -2.33. The molecule has 0 aromatic carbocycles. The maximum atomic E-state index is 5.95. The Kier molecular flexibility index (Phi) is 3.96. The average Bonchev–Trinajstić information content (AvgIpc) is 3.31. The first kappa shape index (κ1) is 13.5. The van der Waals surface area contributed by atoms with Gasteiger partial charge in [-0.25, -0.2) is 0 Å². The number of nitrogens with zero attached hydrogens (tertiary/aromatic N) is 2. The topological polar surface area (TPSA) is 60.6 Å². The molecule has 2 fully saturated rings. The van der Waals surface area contributed by atoms with Crippen LogP contribution in [0.4, 0.5) is 11.5 Å². The van der Waals surface area contributed by atoms with Crippen LogP contribution in [0.15, 0.2) is 12.1 Å². The maximum absolute atomic E-state index is 5.95. The van der Waals surface area contributed by atoms with Gasteiger partial charge in [0.1, 0.15) is 5.82 Å². The van der Waals surface area contributed by atoms with E-state index in [1.54, 1.807) is 0 Å². The molecular formula is C15H23N3O2. The van der Waals surface area contributed by atoms with Crippen molar-refractivity contribution in [1.82, 2.24) is 4.98 Å². The van der Waals surface area contributed by atoms with E-state index in [1.807, 2.05) is 12.1 Å². The fraction of sp³-hybridized carbons (Fsp3) is 0.667. The smallest absolute Gasteiger partial charge is 0.239 e. The predicted molar refractivity (Wildman–Crippen MR) is 79.1 cm³/mol. The third-order valence-electron chi connectivity index (χ3n) is 3.95. The number of nitrogen functional groups attached to an aromatic ring is 1. The van der Waals surface area contributed by atoms with Crippen LogP contribution in [0.3, 0.4) is 0 Å². The minimum absolute atomic E-state index is 0.291. The number of hydrogen-bond acceptors (Lipinski definition) is 5. The van der Waals surface area contributed by atoms with E-state index in [0.717, 1.165) is 38.5 Å². The summed E-state index contributed by atoms with van der Waals surface area (Å²) in [5.41, 5.74) is 6.57. The standard InChI is InChI=1S/C15H23N3O2/c1-2-12-9-18(7-8-19-12)14-6-5-13(16)15(17-14)20-10-11-3-4-11/h5-6,11-12H,2-4,7-10,16H2,1H3. The molecule has 5 heteroatoms. The van der Waals surface area contributed by atoms with E-state index in [9.17, 15) is 0 Å². The number of aromatic nitrogens is 1. The molecule has 2 aliphatic rings. The highest BCUT2D eigenvalue weighted by molar-refractivity contribution is 5.54. The third kappa shape index (κ3) is 3.15. The molecule has 0 bridgehead atoms. The van der Waals surface area contributed by atoms with Gasteiger partial charge in [-0.15, -0.1) is 0 Å². The number of rotatable bonds is 5. The highest BCUT2D eigenvalue weighted by Gasteiger charge is 2.24. The number of morpholine rings is 1.